The van der Waals surface area contributed by atoms with Gasteiger partial charge in [0.15, 0.2) is 0 Å². The fourth-order valence-corrected chi connectivity index (χ4v) is 4.05. The number of fused-ring (bicyclic) bond motifs is 1. The SMILES string of the molecule is CN(C)C1C[C@@H]2CC(N(C)C(=O)c3ccoc3)C[C@@H]2C1. The first-order chi connectivity index (χ1) is 9.56. The van der Waals surface area contributed by atoms with Gasteiger partial charge in [0.25, 0.3) is 5.91 Å². The number of nitrogens with zero attached hydrogens (tertiary/aromatic N) is 2. The number of amides is 1. The Kier molecular flexibility index (Phi) is 3.59. The van der Waals surface area contributed by atoms with Crippen molar-refractivity contribution in [3.8, 4) is 0 Å². The van der Waals surface area contributed by atoms with Gasteiger partial charge in [-0.15, -0.1) is 0 Å². The van der Waals surface area contributed by atoms with E-state index in [-0.39, 0.29) is 5.91 Å². The van der Waals surface area contributed by atoms with E-state index in [1.54, 1.807) is 12.3 Å². The van der Waals surface area contributed by atoms with E-state index in [0.29, 0.717) is 11.6 Å². The number of hydrogen-bond acceptors (Lipinski definition) is 3. The Morgan fingerprint density at radius 3 is 2.20 bits per heavy atom. The molecule has 2 fully saturated rings. The summed E-state index contributed by atoms with van der Waals surface area (Å²) in [5.41, 5.74) is 0.663. The Morgan fingerprint density at radius 2 is 1.70 bits per heavy atom. The topological polar surface area (TPSA) is 36.7 Å². The van der Waals surface area contributed by atoms with Crippen LogP contribution in [0.5, 0.6) is 0 Å². The molecule has 1 aromatic heterocycles. The summed E-state index contributed by atoms with van der Waals surface area (Å²) in [6, 6.07) is 2.88. The van der Waals surface area contributed by atoms with Gasteiger partial charge in [-0.3, -0.25) is 4.79 Å². The van der Waals surface area contributed by atoms with Crippen LogP contribution in [0.2, 0.25) is 0 Å². The first-order valence-electron chi connectivity index (χ1n) is 7.52. The van der Waals surface area contributed by atoms with Crippen molar-refractivity contribution in [1.82, 2.24) is 9.80 Å². The molecular formula is C16H24N2O2. The molecule has 2 saturated carbocycles. The molecule has 4 heteroatoms. The van der Waals surface area contributed by atoms with E-state index < -0.39 is 0 Å². The van der Waals surface area contributed by atoms with Gasteiger partial charge in [-0.05, 0) is 57.7 Å². The number of carbonyl (C=O) groups excluding carboxylic acids is 1. The highest BCUT2D eigenvalue weighted by Crippen LogP contribution is 2.46. The zero-order chi connectivity index (χ0) is 14.3. The zero-order valence-corrected chi connectivity index (χ0v) is 12.6. The van der Waals surface area contributed by atoms with Crippen LogP contribution < -0.4 is 0 Å². The average Bonchev–Trinajstić information content (AvgIpc) is 3.11. The number of furan rings is 1. The van der Waals surface area contributed by atoms with Gasteiger partial charge in [0.05, 0.1) is 11.8 Å². The average molecular weight is 276 g/mol. The first-order valence-corrected chi connectivity index (χ1v) is 7.52. The van der Waals surface area contributed by atoms with Crippen LogP contribution in [0, 0.1) is 11.8 Å². The van der Waals surface area contributed by atoms with Crippen molar-refractivity contribution in [1.29, 1.82) is 0 Å². The fraction of sp³-hybridized carbons (Fsp3) is 0.688. The lowest BCUT2D eigenvalue weighted by atomic mass is 10.0. The summed E-state index contributed by atoms with van der Waals surface area (Å²) < 4.78 is 5.01. The maximum absolute atomic E-state index is 12.3. The van der Waals surface area contributed by atoms with Crippen LogP contribution in [-0.2, 0) is 0 Å². The van der Waals surface area contributed by atoms with Gasteiger partial charge in [-0.1, -0.05) is 0 Å². The molecule has 4 atom stereocenters. The molecule has 4 nitrogen and oxygen atoms in total. The normalized spacial score (nSPS) is 32.6. The van der Waals surface area contributed by atoms with Gasteiger partial charge in [0.2, 0.25) is 0 Å². The number of rotatable bonds is 3. The highest BCUT2D eigenvalue weighted by atomic mass is 16.3. The summed E-state index contributed by atoms with van der Waals surface area (Å²) >= 11 is 0. The molecule has 20 heavy (non-hydrogen) atoms. The molecule has 0 radical (unpaired) electrons. The summed E-state index contributed by atoms with van der Waals surface area (Å²) in [4.78, 5) is 16.6. The van der Waals surface area contributed by atoms with E-state index in [4.69, 9.17) is 4.42 Å². The van der Waals surface area contributed by atoms with Gasteiger partial charge in [-0.25, -0.2) is 0 Å². The lowest BCUT2D eigenvalue weighted by Crippen LogP contribution is -2.36. The summed E-state index contributed by atoms with van der Waals surface area (Å²) in [7, 11) is 6.29. The minimum atomic E-state index is 0.0906. The van der Waals surface area contributed by atoms with Gasteiger partial charge >= 0.3 is 0 Å². The van der Waals surface area contributed by atoms with E-state index in [1.807, 2.05) is 11.9 Å². The molecule has 110 valence electrons. The number of hydrogen-bond donors (Lipinski definition) is 0. The highest BCUT2D eigenvalue weighted by Gasteiger charge is 2.44. The van der Waals surface area contributed by atoms with Crippen molar-refractivity contribution in [2.24, 2.45) is 11.8 Å². The molecule has 2 unspecified atom stereocenters. The molecule has 0 N–H and O–H groups in total. The van der Waals surface area contributed by atoms with Crippen LogP contribution in [-0.4, -0.2) is 48.9 Å². The Bertz CT molecular complexity index is 455. The van der Waals surface area contributed by atoms with Crippen LogP contribution in [0.4, 0.5) is 0 Å². The lowest BCUT2D eigenvalue weighted by molar-refractivity contribution is 0.0725. The molecule has 0 aromatic carbocycles. The molecule has 0 bridgehead atoms. The first kappa shape index (κ1) is 13.7. The molecule has 0 saturated heterocycles. The third-order valence-electron chi connectivity index (χ3n) is 5.33. The van der Waals surface area contributed by atoms with Gasteiger partial charge in [0, 0.05) is 19.1 Å². The van der Waals surface area contributed by atoms with E-state index in [2.05, 4.69) is 19.0 Å². The zero-order valence-electron chi connectivity index (χ0n) is 12.6. The molecule has 1 heterocycles. The fourth-order valence-electron chi connectivity index (χ4n) is 4.05. The van der Waals surface area contributed by atoms with E-state index in [1.165, 1.54) is 19.1 Å². The van der Waals surface area contributed by atoms with Crippen LogP contribution in [0.1, 0.15) is 36.0 Å². The second-order valence-corrected chi connectivity index (χ2v) is 6.66. The number of carbonyl (C=O) groups is 1. The quantitative estimate of drug-likeness (QED) is 0.851. The second kappa shape index (κ2) is 5.24. The predicted molar refractivity (Wildman–Crippen MR) is 77.5 cm³/mol. The van der Waals surface area contributed by atoms with E-state index in [9.17, 15) is 4.79 Å². The van der Waals surface area contributed by atoms with Crippen molar-refractivity contribution >= 4 is 5.91 Å². The molecule has 0 aliphatic heterocycles. The molecule has 1 aromatic rings. The maximum Gasteiger partial charge on any atom is 0.257 e. The summed E-state index contributed by atoms with van der Waals surface area (Å²) in [5, 5.41) is 0. The third kappa shape index (κ3) is 2.37. The Morgan fingerprint density at radius 1 is 1.10 bits per heavy atom. The Hall–Kier alpha value is -1.29. The molecule has 0 spiro atoms. The standard InChI is InChI=1S/C16H24N2O2/c1-17(2)14-6-12-8-15(9-13(12)7-14)18(3)16(19)11-4-5-20-10-11/h4-5,10,12-15H,6-9H2,1-3H3/t12-,13+,14?,15?. The molecule has 1 amide bonds. The van der Waals surface area contributed by atoms with Crippen molar-refractivity contribution in [3.63, 3.8) is 0 Å². The monoisotopic (exact) mass is 276 g/mol. The van der Waals surface area contributed by atoms with E-state index >= 15 is 0 Å². The van der Waals surface area contributed by atoms with Gasteiger partial charge in [0.1, 0.15) is 6.26 Å². The summed E-state index contributed by atoms with van der Waals surface area (Å²) in [6.45, 7) is 0. The van der Waals surface area contributed by atoms with Crippen molar-refractivity contribution < 1.29 is 9.21 Å². The van der Waals surface area contributed by atoms with Gasteiger partial charge in [-0.2, -0.15) is 0 Å². The van der Waals surface area contributed by atoms with Gasteiger partial charge < -0.3 is 14.2 Å². The molecule has 2 aliphatic carbocycles. The van der Waals surface area contributed by atoms with Crippen LogP contribution in [0.25, 0.3) is 0 Å². The van der Waals surface area contributed by atoms with Crippen molar-refractivity contribution in [2.75, 3.05) is 21.1 Å². The minimum absolute atomic E-state index is 0.0906. The van der Waals surface area contributed by atoms with Crippen molar-refractivity contribution in [3.05, 3.63) is 24.2 Å². The highest BCUT2D eigenvalue weighted by molar-refractivity contribution is 5.93. The second-order valence-electron chi connectivity index (χ2n) is 6.66. The summed E-state index contributed by atoms with van der Waals surface area (Å²) in [5.74, 6) is 1.69. The maximum atomic E-state index is 12.3. The third-order valence-corrected chi connectivity index (χ3v) is 5.33. The van der Waals surface area contributed by atoms with Crippen molar-refractivity contribution in [2.45, 2.75) is 37.8 Å². The van der Waals surface area contributed by atoms with E-state index in [0.717, 1.165) is 30.7 Å². The minimum Gasteiger partial charge on any atom is -0.472 e. The Labute approximate surface area is 120 Å². The summed E-state index contributed by atoms with van der Waals surface area (Å²) in [6.07, 6.45) is 8.01. The predicted octanol–water partition coefficient (Wildman–Crippen LogP) is 2.47. The van der Waals surface area contributed by atoms with Crippen LogP contribution in [0.3, 0.4) is 0 Å². The molecule has 3 rings (SSSR count). The smallest absolute Gasteiger partial charge is 0.257 e. The van der Waals surface area contributed by atoms with Crippen LogP contribution in [0.15, 0.2) is 23.0 Å². The van der Waals surface area contributed by atoms with Crippen LogP contribution >= 0.6 is 0 Å². The lowest BCUT2D eigenvalue weighted by Gasteiger charge is -2.26. The largest absolute Gasteiger partial charge is 0.472 e. The molecular weight excluding hydrogens is 252 g/mol. The molecule has 2 aliphatic rings. The Balaban J connectivity index is 1.61.